The van der Waals surface area contributed by atoms with E-state index in [2.05, 4.69) is 17.6 Å². The summed E-state index contributed by atoms with van der Waals surface area (Å²) in [6.07, 6.45) is -0.872. The molecule has 2 amide bonds. The standard InChI is InChI=1S/C29H32N2O5S/c1-18-27(17-37-26-14-12-25(13-15-26)31-20(3)34)35-29(23-8-10-24(11-9-23)30-19(2)33)36-28(18)22-6-4-21(16-32)5-7-22/h4-15,18,27-29,32H,16-17H2,1-3H3,(H,30,33)(H,31,34)/t18-,27+,28+,29+/m0/s1. The Bertz CT molecular complexity index is 1200. The molecule has 1 aliphatic heterocycles. The fourth-order valence-corrected chi connectivity index (χ4v) is 5.32. The Labute approximate surface area is 221 Å². The van der Waals surface area contributed by atoms with E-state index in [0.717, 1.165) is 33.0 Å². The van der Waals surface area contributed by atoms with Crippen LogP contribution in [0, 0.1) is 5.92 Å². The van der Waals surface area contributed by atoms with Crippen molar-refractivity contribution in [2.75, 3.05) is 16.4 Å². The van der Waals surface area contributed by atoms with E-state index in [1.165, 1.54) is 13.8 Å². The van der Waals surface area contributed by atoms with Gasteiger partial charge in [-0.3, -0.25) is 9.59 Å². The molecule has 0 aromatic heterocycles. The molecule has 37 heavy (non-hydrogen) atoms. The lowest BCUT2D eigenvalue weighted by Gasteiger charge is -2.41. The lowest BCUT2D eigenvalue weighted by atomic mass is 9.91. The fraction of sp³-hybridized carbons (Fsp3) is 0.310. The molecular formula is C29H32N2O5S. The molecule has 7 nitrogen and oxygen atoms in total. The molecule has 194 valence electrons. The van der Waals surface area contributed by atoms with E-state index in [1.54, 1.807) is 11.8 Å². The number of ether oxygens (including phenoxy) is 2. The number of hydrogen-bond acceptors (Lipinski definition) is 6. The number of anilines is 2. The summed E-state index contributed by atoms with van der Waals surface area (Å²) in [5, 5.41) is 15.0. The Hall–Kier alpha value is -3.17. The highest BCUT2D eigenvalue weighted by molar-refractivity contribution is 7.99. The molecule has 0 bridgehead atoms. The largest absolute Gasteiger partial charge is 0.392 e. The summed E-state index contributed by atoms with van der Waals surface area (Å²) >= 11 is 1.69. The number of thioether (sulfide) groups is 1. The molecule has 1 heterocycles. The van der Waals surface area contributed by atoms with Crippen LogP contribution in [0.2, 0.25) is 0 Å². The molecule has 0 unspecified atom stereocenters. The quantitative estimate of drug-likeness (QED) is 0.331. The van der Waals surface area contributed by atoms with Crippen LogP contribution in [0.25, 0.3) is 0 Å². The Morgan fingerprint density at radius 3 is 1.89 bits per heavy atom. The summed E-state index contributed by atoms with van der Waals surface area (Å²) in [7, 11) is 0. The molecular weight excluding hydrogens is 488 g/mol. The van der Waals surface area contributed by atoms with Crippen LogP contribution >= 0.6 is 11.8 Å². The molecule has 3 N–H and O–H groups in total. The van der Waals surface area contributed by atoms with E-state index >= 15 is 0 Å². The number of carbonyl (C=O) groups excluding carboxylic acids is 2. The number of benzene rings is 3. The van der Waals surface area contributed by atoms with Gasteiger partial charge in [0.05, 0.1) is 18.8 Å². The van der Waals surface area contributed by atoms with Crippen molar-refractivity contribution in [3.63, 3.8) is 0 Å². The van der Waals surface area contributed by atoms with Gasteiger partial charge in [0.15, 0.2) is 6.29 Å². The van der Waals surface area contributed by atoms with Crippen molar-refractivity contribution < 1.29 is 24.2 Å². The monoisotopic (exact) mass is 520 g/mol. The summed E-state index contributed by atoms with van der Waals surface area (Å²) in [5.41, 5.74) is 4.23. The Morgan fingerprint density at radius 1 is 0.811 bits per heavy atom. The maximum atomic E-state index is 11.4. The molecule has 3 aromatic rings. The van der Waals surface area contributed by atoms with Gasteiger partial charge in [-0.1, -0.05) is 43.3 Å². The van der Waals surface area contributed by atoms with Gasteiger partial charge >= 0.3 is 0 Å². The van der Waals surface area contributed by atoms with Gasteiger partial charge in [0, 0.05) is 47.4 Å². The van der Waals surface area contributed by atoms with Crippen molar-refractivity contribution in [2.24, 2.45) is 5.92 Å². The Kier molecular flexibility index (Phi) is 9.00. The van der Waals surface area contributed by atoms with Gasteiger partial charge in [0.2, 0.25) is 11.8 Å². The highest BCUT2D eigenvalue weighted by Gasteiger charge is 2.38. The number of rotatable bonds is 8. The van der Waals surface area contributed by atoms with Crippen LogP contribution in [0.15, 0.2) is 77.7 Å². The van der Waals surface area contributed by atoms with Gasteiger partial charge in [-0.25, -0.2) is 0 Å². The van der Waals surface area contributed by atoms with Gasteiger partial charge in [-0.15, -0.1) is 11.8 Å². The molecule has 3 aromatic carbocycles. The van der Waals surface area contributed by atoms with Crippen LogP contribution in [0.5, 0.6) is 0 Å². The maximum Gasteiger partial charge on any atom is 0.221 e. The smallest absolute Gasteiger partial charge is 0.221 e. The third-order valence-corrected chi connectivity index (χ3v) is 7.32. The number of aliphatic hydroxyl groups excluding tert-OH is 1. The molecule has 0 aliphatic carbocycles. The average molecular weight is 521 g/mol. The van der Waals surface area contributed by atoms with Crippen LogP contribution in [-0.2, 0) is 25.7 Å². The third-order valence-electron chi connectivity index (χ3n) is 6.22. The summed E-state index contributed by atoms with van der Waals surface area (Å²) in [6.45, 7) is 5.09. The average Bonchev–Trinajstić information content (AvgIpc) is 2.89. The molecule has 0 radical (unpaired) electrons. The van der Waals surface area contributed by atoms with Crippen LogP contribution < -0.4 is 10.6 Å². The van der Waals surface area contributed by atoms with Gasteiger partial charge in [0.1, 0.15) is 0 Å². The molecule has 1 saturated heterocycles. The second-order valence-electron chi connectivity index (χ2n) is 9.14. The molecule has 8 heteroatoms. The van der Waals surface area contributed by atoms with Gasteiger partial charge in [-0.05, 0) is 47.5 Å². The number of aliphatic hydroxyl groups is 1. The first kappa shape index (κ1) is 26.9. The third kappa shape index (κ3) is 7.20. The highest BCUT2D eigenvalue weighted by Crippen LogP contribution is 2.43. The van der Waals surface area contributed by atoms with Crippen LogP contribution in [0.1, 0.15) is 49.9 Å². The first-order valence-corrected chi connectivity index (χ1v) is 13.2. The van der Waals surface area contributed by atoms with Crippen molar-refractivity contribution >= 4 is 35.0 Å². The zero-order chi connectivity index (χ0) is 26.4. The van der Waals surface area contributed by atoms with Crippen molar-refractivity contribution in [1.82, 2.24) is 0 Å². The molecule has 0 spiro atoms. The number of carbonyl (C=O) groups is 2. The molecule has 1 aliphatic rings. The SMILES string of the molecule is CC(=O)Nc1ccc(SC[C@H]2O[C@@H](c3ccc(NC(C)=O)cc3)O[C@@H](c3ccc(CO)cc3)[C@H]2C)cc1. The van der Waals surface area contributed by atoms with Gasteiger partial charge in [0.25, 0.3) is 0 Å². The summed E-state index contributed by atoms with van der Waals surface area (Å²) < 4.78 is 13.0. The van der Waals surface area contributed by atoms with E-state index in [4.69, 9.17) is 9.47 Å². The minimum atomic E-state index is -0.571. The van der Waals surface area contributed by atoms with Crippen molar-refractivity contribution in [2.45, 2.75) is 50.8 Å². The number of hydrogen-bond donors (Lipinski definition) is 3. The first-order valence-electron chi connectivity index (χ1n) is 12.2. The van der Waals surface area contributed by atoms with Crippen LogP contribution in [0.4, 0.5) is 11.4 Å². The predicted molar refractivity (Wildman–Crippen MR) is 145 cm³/mol. The molecule has 4 atom stereocenters. The van der Waals surface area contributed by atoms with E-state index in [-0.39, 0.29) is 36.5 Å². The molecule has 0 saturated carbocycles. The molecule has 1 fully saturated rings. The lowest BCUT2D eigenvalue weighted by molar-refractivity contribution is -0.268. The number of nitrogens with one attached hydrogen (secondary N) is 2. The van der Waals surface area contributed by atoms with Crippen LogP contribution in [-0.4, -0.2) is 28.8 Å². The summed E-state index contributed by atoms with van der Waals surface area (Å²) in [6, 6.07) is 23.1. The predicted octanol–water partition coefficient (Wildman–Crippen LogP) is 5.68. The van der Waals surface area contributed by atoms with E-state index in [9.17, 15) is 14.7 Å². The second kappa shape index (κ2) is 12.4. The lowest BCUT2D eigenvalue weighted by Crippen LogP contribution is -2.38. The van der Waals surface area contributed by atoms with E-state index < -0.39 is 6.29 Å². The van der Waals surface area contributed by atoms with E-state index in [1.807, 2.05) is 72.8 Å². The minimum absolute atomic E-state index is 0.00622. The number of amides is 2. The van der Waals surface area contributed by atoms with Crippen molar-refractivity contribution in [1.29, 1.82) is 0 Å². The zero-order valence-electron chi connectivity index (χ0n) is 21.1. The highest BCUT2D eigenvalue weighted by atomic mass is 32.2. The Balaban J connectivity index is 1.53. The van der Waals surface area contributed by atoms with Gasteiger partial charge in [-0.2, -0.15) is 0 Å². The van der Waals surface area contributed by atoms with Crippen molar-refractivity contribution in [3.8, 4) is 0 Å². The molecule has 4 rings (SSSR count). The van der Waals surface area contributed by atoms with Gasteiger partial charge < -0.3 is 25.2 Å². The Morgan fingerprint density at radius 2 is 1.35 bits per heavy atom. The topological polar surface area (TPSA) is 96.9 Å². The van der Waals surface area contributed by atoms with Crippen LogP contribution in [0.3, 0.4) is 0 Å². The van der Waals surface area contributed by atoms with Crippen molar-refractivity contribution in [3.05, 3.63) is 89.5 Å². The maximum absolute atomic E-state index is 11.4. The first-order chi connectivity index (χ1) is 17.8. The second-order valence-corrected chi connectivity index (χ2v) is 10.2. The minimum Gasteiger partial charge on any atom is -0.392 e. The fourth-order valence-electron chi connectivity index (χ4n) is 4.25. The normalized spacial score (nSPS) is 21.3. The summed E-state index contributed by atoms with van der Waals surface area (Å²) in [5.74, 6) is 0.566. The zero-order valence-corrected chi connectivity index (χ0v) is 22.0. The van der Waals surface area contributed by atoms with E-state index in [0.29, 0.717) is 5.69 Å². The summed E-state index contributed by atoms with van der Waals surface area (Å²) in [4.78, 5) is 23.7.